The van der Waals surface area contributed by atoms with Crippen LogP contribution in [0.1, 0.15) is 19.8 Å². The average Bonchev–Trinajstić information content (AvgIpc) is 1.80. The van der Waals surface area contributed by atoms with Gasteiger partial charge in [-0.15, -0.1) is 0 Å². The molecule has 0 aliphatic rings. The first-order valence-electron chi connectivity index (χ1n) is 3.30. The molecule has 0 aliphatic heterocycles. The summed E-state index contributed by atoms with van der Waals surface area (Å²) in [6, 6.07) is 0.319. The molecule has 0 heterocycles. The summed E-state index contributed by atoms with van der Waals surface area (Å²) in [5, 5.41) is 0. The van der Waals surface area contributed by atoms with Crippen LogP contribution in [0.4, 0.5) is 0 Å². The van der Waals surface area contributed by atoms with Gasteiger partial charge in [-0.3, -0.25) is 0 Å². The number of rotatable bonds is 4. The van der Waals surface area contributed by atoms with Crippen LogP contribution >= 0.6 is 0 Å². The lowest BCUT2D eigenvalue weighted by Gasteiger charge is -1.98. The minimum Gasteiger partial charge on any atom is -0.328 e. The van der Waals surface area contributed by atoms with Crippen LogP contribution in [0.5, 0.6) is 0 Å². The van der Waals surface area contributed by atoms with Crippen LogP contribution in [0.15, 0.2) is 24.8 Å². The van der Waals surface area contributed by atoms with Gasteiger partial charge in [-0.25, -0.2) is 0 Å². The van der Waals surface area contributed by atoms with Crippen molar-refractivity contribution in [3.63, 3.8) is 0 Å². The second-order valence-electron chi connectivity index (χ2n) is 2.22. The zero-order valence-electron chi connectivity index (χ0n) is 6.01. The third kappa shape index (κ3) is 7.44. The topological polar surface area (TPSA) is 26.0 Å². The van der Waals surface area contributed by atoms with Gasteiger partial charge in [0.25, 0.3) is 0 Å². The van der Waals surface area contributed by atoms with Crippen LogP contribution in [0.3, 0.4) is 0 Å². The van der Waals surface area contributed by atoms with Crippen molar-refractivity contribution in [2.24, 2.45) is 5.73 Å². The highest BCUT2D eigenvalue weighted by molar-refractivity contribution is 4.96. The van der Waals surface area contributed by atoms with Gasteiger partial charge in [0.15, 0.2) is 0 Å². The Labute approximate surface area is 57.3 Å². The quantitative estimate of drug-likeness (QED) is 0.570. The summed E-state index contributed by atoms with van der Waals surface area (Å²) in [5.74, 6) is 0. The standard InChI is InChI=1S/C8H15N/c1-3-4-5-6-7-8(2)9/h3-5,8H,1,6-7,9H2,2H3/b5-4+. The highest BCUT2D eigenvalue weighted by Crippen LogP contribution is 1.93. The Hall–Kier alpha value is -0.560. The van der Waals surface area contributed by atoms with Gasteiger partial charge in [-0.1, -0.05) is 24.8 Å². The van der Waals surface area contributed by atoms with E-state index in [4.69, 9.17) is 5.73 Å². The fraction of sp³-hybridized carbons (Fsp3) is 0.500. The molecule has 0 fully saturated rings. The maximum absolute atomic E-state index is 5.51. The molecular weight excluding hydrogens is 110 g/mol. The second kappa shape index (κ2) is 5.57. The lowest BCUT2D eigenvalue weighted by Crippen LogP contribution is -2.13. The van der Waals surface area contributed by atoms with Gasteiger partial charge in [0.2, 0.25) is 0 Å². The minimum atomic E-state index is 0.319. The molecule has 0 aromatic rings. The summed E-state index contributed by atoms with van der Waals surface area (Å²) in [5.41, 5.74) is 5.51. The molecule has 0 aromatic heterocycles. The third-order valence-corrected chi connectivity index (χ3v) is 1.06. The van der Waals surface area contributed by atoms with Crippen LogP contribution < -0.4 is 5.73 Å². The fourth-order valence-corrected chi connectivity index (χ4v) is 0.552. The zero-order chi connectivity index (χ0) is 7.11. The van der Waals surface area contributed by atoms with Crippen molar-refractivity contribution >= 4 is 0 Å². The molecule has 52 valence electrons. The fourth-order valence-electron chi connectivity index (χ4n) is 0.552. The number of allylic oxidation sites excluding steroid dienone is 3. The molecule has 0 bridgehead atoms. The Morgan fingerprint density at radius 2 is 2.33 bits per heavy atom. The van der Waals surface area contributed by atoms with Crippen LogP contribution in [0.25, 0.3) is 0 Å². The van der Waals surface area contributed by atoms with Crippen molar-refractivity contribution in [1.82, 2.24) is 0 Å². The third-order valence-electron chi connectivity index (χ3n) is 1.06. The molecule has 1 unspecified atom stereocenters. The van der Waals surface area contributed by atoms with Gasteiger partial charge in [0, 0.05) is 6.04 Å². The molecule has 0 saturated carbocycles. The van der Waals surface area contributed by atoms with Crippen LogP contribution in [-0.2, 0) is 0 Å². The summed E-state index contributed by atoms with van der Waals surface area (Å²) in [6.45, 7) is 5.57. The lowest BCUT2D eigenvalue weighted by molar-refractivity contribution is 0.676. The van der Waals surface area contributed by atoms with Crippen LogP contribution in [0, 0.1) is 0 Å². The average molecular weight is 125 g/mol. The second-order valence-corrected chi connectivity index (χ2v) is 2.22. The Bertz CT molecular complexity index is 92.7. The summed E-state index contributed by atoms with van der Waals surface area (Å²) in [4.78, 5) is 0. The molecule has 0 amide bonds. The molecule has 0 aliphatic carbocycles. The largest absolute Gasteiger partial charge is 0.328 e. The molecule has 0 spiro atoms. The number of hydrogen-bond donors (Lipinski definition) is 1. The van der Waals surface area contributed by atoms with Crippen molar-refractivity contribution in [2.75, 3.05) is 0 Å². The molecule has 1 nitrogen and oxygen atoms in total. The Morgan fingerprint density at radius 1 is 1.67 bits per heavy atom. The molecule has 2 N–H and O–H groups in total. The normalized spacial score (nSPS) is 14.0. The molecule has 1 heteroatoms. The van der Waals surface area contributed by atoms with Crippen LogP contribution in [0.2, 0.25) is 0 Å². The predicted octanol–water partition coefficient (Wildman–Crippen LogP) is 1.86. The Balaban J connectivity index is 3.08. The van der Waals surface area contributed by atoms with E-state index >= 15 is 0 Å². The molecule has 9 heavy (non-hydrogen) atoms. The van der Waals surface area contributed by atoms with Crippen molar-refractivity contribution < 1.29 is 0 Å². The first-order chi connectivity index (χ1) is 4.27. The summed E-state index contributed by atoms with van der Waals surface area (Å²) < 4.78 is 0. The first kappa shape index (κ1) is 8.44. The lowest BCUT2D eigenvalue weighted by atomic mass is 10.2. The first-order valence-corrected chi connectivity index (χ1v) is 3.30. The highest BCUT2D eigenvalue weighted by atomic mass is 14.6. The molecular formula is C8H15N. The van der Waals surface area contributed by atoms with Crippen molar-refractivity contribution in [1.29, 1.82) is 0 Å². The van der Waals surface area contributed by atoms with Gasteiger partial charge in [-0.2, -0.15) is 0 Å². The van der Waals surface area contributed by atoms with E-state index in [0.29, 0.717) is 6.04 Å². The van der Waals surface area contributed by atoms with Gasteiger partial charge in [-0.05, 0) is 19.8 Å². The van der Waals surface area contributed by atoms with E-state index in [0.717, 1.165) is 12.8 Å². The van der Waals surface area contributed by atoms with E-state index in [1.807, 2.05) is 13.0 Å². The van der Waals surface area contributed by atoms with Gasteiger partial charge < -0.3 is 5.73 Å². The molecule has 0 rings (SSSR count). The molecule has 0 radical (unpaired) electrons. The molecule has 0 saturated heterocycles. The van der Waals surface area contributed by atoms with E-state index in [-0.39, 0.29) is 0 Å². The Kier molecular flexibility index (Phi) is 5.23. The molecule has 0 aromatic carbocycles. The monoisotopic (exact) mass is 125 g/mol. The van der Waals surface area contributed by atoms with E-state index in [1.54, 1.807) is 6.08 Å². The van der Waals surface area contributed by atoms with Crippen molar-refractivity contribution in [2.45, 2.75) is 25.8 Å². The minimum absolute atomic E-state index is 0.319. The maximum Gasteiger partial charge on any atom is 0.00134 e. The number of hydrogen-bond acceptors (Lipinski definition) is 1. The van der Waals surface area contributed by atoms with E-state index in [1.165, 1.54) is 0 Å². The SMILES string of the molecule is C=C/C=C/CCC(C)N. The maximum atomic E-state index is 5.51. The van der Waals surface area contributed by atoms with Gasteiger partial charge in [0.05, 0.1) is 0 Å². The summed E-state index contributed by atoms with van der Waals surface area (Å²) in [7, 11) is 0. The summed E-state index contributed by atoms with van der Waals surface area (Å²) in [6.07, 6.45) is 7.92. The molecule has 1 atom stereocenters. The van der Waals surface area contributed by atoms with Gasteiger partial charge >= 0.3 is 0 Å². The van der Waals surface area contributed by atoms with Crippen LogP contribution in [-0.4, -0.2) is 6.04 Å². The smallest absolute Gasteiger partial charge is 0.00134 e. The van der Waals surface area contributed by atoms with Crippen molar-refractivity contribution in [3.05, 3.63) is 24.8 Å². The predicted molar refractivity (Wildman–Crippen MR) is 42.2 cm³/mol. The zero-order valence-corrected chi connectivity index (χ0v) is 6.01. The van der Waals surface area contributed by atoms with Gasteiger partial charge in [0.1, 0.15) is 0 Å². The van der Waals surface area contributed by atoms with Crippen molar-refractivity contribution in [3.8, 4) is 0 Å². The summed E-state index contributed by atoms with van der Waals surface area (Å²) >= 11 is 0. The van der Waals surface area contributed by atoms with E-state index < -0.39 is 0 Å². The van der Waals surface area contributed by atoms with E-state index in [9.17, 15) is 0 Å². The number of nitrogens with two attached hydrogens (primary N) is 1. The Morgan fingerprint density at radius 3 is 2.78 bits per heavy atom. The highest BCUT2D eigenvalue weighted by Gasteiger charge is 1.87. The van der Waals surface area contributed by atoms with E-state index in [2.05, 4.69) is 12.7 Å².